The third-order valence-electron chi connectivity index (χ3n) is 6.85. The number of aromatic nitrogens is 5. The highest BCUT2D eigenvalue weighted by Gasteiger charge is 2.47. The molecule has 4 rings (SSSR count). The van der Waals surface area contributed by atoms with Crippen molar-refractivity contribution >= 4 is 40.6 Å². The third kappa shape index (κ3) is 7.26. The minimum atomic E-state index is -1.30. The number of nitrogens with zero attached hydrogens (tertiary/aromatic N) is 5. The van der Waals surface area contributed by atoms with Crippen LogP contribution in [0.25, 0.3) is 11.2 Å². The van der Waals surface area contributed by atoms with Gasteiger partial charge in [0.25, 0.3) is 0 Å². The number of unbranched alkanes of at least 4 members (excludes halogenated alkanes) is 1. The van der Waals surface area contributed by atoms with Gasteiger partial charge >= 0.3 is 0 Å². The first-order valence-electron chi connectivity index (χ1n) is 13.9. The van der Waals surface area contributed by atoms with E-state index in [4.69, 9.17) is 0 Å². The predicted molar refractivity (Wildman–Crippen MR) is 153 cm³/mol. The molecule has 0 aliphatic heterocycles. The topological polar surface area (TPSA) is 167 Å². The minimum Gasteiger partial charge on any atom is -0.390 e. The van der Waals surface area contributed by atoms with Gasteiger partial charge in [0.05, 0.1) is 18.1 Å². The number of anilines is 1. The molecule has 40 heavy (non-hydrogen) atoms. The monoisotopic (exact) mass is 570 g/mol. The average molecular weight is 571 g/mol. The van der Waals surface area contributed by atoms with Gasteiger partial charge in [-0.15, -0.1) is 5.10 Å². The fourth-order valence-electron chi connectivity index (χ4n) is 4.62. The van der Waals surface area contributed by atoms with E-state index in [1.807, 2.05) is 30.3 Å². The molecule has 1 aromatic carbocycles. The van der Waals surface area contributed by atoms with Gasteiger partial charge in [0.2, 0.25) is 11.8 Å². The van der Waals surface area contributed by atoms with Gasteiger partial charge in [0.1, 0.15) is 6.10 Å². The zero-order valence-electron chi connectivity index (χ0n) is 22.9. The van der Waals surface area contributed by atoms with Crippen molar-refractivity contribution in [2.45, 2.75) is 75.9 Å². The molecule has 12 nitrogen and oxygen atoms in total. The number of aliphatic hydroxyl groups excluding tert-OH is 2. The molecule has 0 saturated heterocycles. The number of carbonyl (C=O) groups excluding carboxylic acids is 2. The second-order valence-corrected chi connectivity index (χ2v) is 10.9. The first kappa shape index (κ1) is 29.7. The van der Waals surface area contributed by atoms with E-state index in [2.05, 4.69) is 50.1 Å². The second kappa shape index (κ2) is 14.4. The zero-order chi connectivity index (χ0) is 28.5. The number of thioether (sulfide) groups is 1. The Morgan fingerprint density at radius 3 is 2.60 bits per heavy atom. The number of amides is 2. The van der Waals surface area contributed by atoms with Crippen LogP contribution in [0.5, 0.6) is 0 Å². The van der Waals surface area contributed by atoms with Gasteiger partial charge < -0.3 is 26.2 Å². The Kier molecular flexibility index (Phi) is 10.7. The second-order valence-electron chi connectivity index (χ2n) is 9.88. The highest BCUT2D eigenvalue weighted by atomic mass is 32.2. The van der Waals surface area contributed by atoms with E-state index in [1.54, 1.807) is 0 Å². The number of hydrogen-bond acceptors (Lipinski definition) is 10. The molecule has 1 aliphatic rings. The number of rotatable bonds is 14. The number of hydrogen-bond donors (Lipinski definition) is 5. The van der Waals surface area contributed by atoms with Gasteiger partial charge in [-0.05, 0) is 24.8 Å². The highest BCUT2D eigenvalue weighted by molar-refractivity contribution is 7.99. The van der Waals surface area contributed by atoms with Gasteiger partial charge in [-0.25, -0.2) is 14.6 Å². The van der Waals surface area contributed by atoms with Gasteiger partial charge in [0.15, 0.2) is 22.1 Å². The van der Waals surface area contributed by atoms with Gasteiger partial charge in [-0.2, -0.15) is 0 Å². The molecule has 2 amide bonds. The molecule has 1 fully saturated rings. The molecule has 1 aliphatic carbocycles. The molecule has 0 unspecified atom stereocenters. The van der Waals surface area contributed by atoms with Crippen molar-refractivity contribution in [1.82, 2.24) is 35.6 Å². The molecular formula is C27H38N8O4S. The summed E-state index contributed by atoms with van der Waals surface area (Å²) in [6.07, 6.45) is 0.662. The molecule has 3 aromatic rings. The van der Waals surface area contributed by atoms with Crippen LogP contribution in [0.15, 0.2) is 35.5 Å². The minimum absolute atomic E-state index is 0.101. The van der Waals surface area contributed by atoms with E-state index in [1.165, 1.54) is 16.4 Å². The van der Waals surface area contributed by atoms with Crippen LogP contribution in [0, 0.1) is 5.92 Å². The summed E-state index contributed by atoms with van der Waals surface area (Å²) in [5.74, 6) is -0.0626. The maximum atomic E-state index is 12.9. The molecular weight excluding hydrogens is 532 g/mol. The summed E-state index contributed by atoms with van der Waals surface area (Å²) in [6.45, 7) is 5.44. The first-order chi connectivity index (χ1) is 19.4. The third-order valence-corrected chi connectivity index (χ3v) is 7.90. The van der Waals surface area contributed by atoms with E-state index in [0.717, 1.165) is 37.1 Å². The number of aliphatic hydroxyl groups is 2. The summed E-state index contributed by atoms with van der Waals surface area (Å²) in [5.41, 5.74) is 1.91. The number of carbonyl (C=O) groups is 2. The summed E-state index contributed by atoms with van der Waals surface area (Å²) < 4.78 is 1.50. The molecule has 1 saturated carbocycles. The summed E-state index contributed by atoms with van der Waals surface area (Å²) in [6, 6.07) is 8.85. The molecule has 0 bridgehead atoms. The lowest BCUT2D eigenvalue weighted by Gasteiger charge is -2.17. The molecule has 0 radical (unpaired) electrons. The molecule has 13 heteroatoms. The van der Waals surface area contributed by atoms with Crippen molar-refractivity contribution in [3.05, 3.63) is 35.9 Å². The largest absolute Gasteiger partial charge is 0.390 e. The van der Waals surface area contributed by atoms with Crippen LogP contribution in [0.1, 0.15) is 57.6 Å². The Morgan fingerprint density at radius 2 is 1.85 bits per heavy atom. The molecule has 2 aromatic heterocycles. The maximum Gasteiger partial charge on any atom is 0.225 e. The SMILES string of the molecule is CCCCNc1nc(SCCC)nc2c1nnn2[C@@H]1C[C@H](C(=O)NCCC(=O)NCc2ccccc2)[C@@H](O)[C@H]1O. The zero-order valence-corrected chi connectivity index (χ0v) is 23.7. The van der Waals surface area contributed by atoms with Crippen molar-refractivity contribution in [1.29, 1.82) is 0 Å². The smallest absolute Gasteiger partial charge is 0.225 e. The number of benzene rings is 1. The van der Waals surface area contributed by atoms with Gasteiger partial charge in [-0.1, -0.05) is 67.6 Å². The van der Waals surface area contributed by atoms with Crippen LogP contribution < -0.4 is 16.0 Å². The van der Waals surface area contributed by atoms with Crippen molar-refractivity contribution in [3.8, 4) is 0 Å². The summed E-state index contributed by atoms with van der Waals surface area (Å²) >= 11 is 1.52. The normalized spacial score (nSPS) is 20.5. The van der Waals surface area contributed by atoms with Crippen molar-refractivity contribution in [3.63, 3.8) is 0 Å². The predicted octanol–water partition coefficient (Wildman–Crippen LogP) is 2.04. The number of nitrogens with one attached hydrogen (secondary N) is 3. The molecule has 216 valence electrons. The lowest BCUT2D eigenvalue weighted by molar-refractivity contribution is -0.129. The Labute approximate surface area is 237 Å². The first-order valence-corrected chi connectivity index (χ1v) is 14.9. The average Bonchev–Trinajstić information content (AvgIpc) is 3.51. The van der Waals surface area contributed by atoms with Crippen LogP contribution in [0.4, 0.5) is 5.82 Å². The number of fused-ring (bicyclic) bond motifs is 1. The molecule has 5 N–H and O–H groups in total. The summed E-state index contributed by atoms with van der Waals surface area (Å²) in [4.78, 5) is 34.4. The Bertz CT molecular complexity index is 1270. The van der Waals surface area contributed by atoms with E-state index in [9.17, 15) is 19.8 Å². The van der Waals surface area contributed by atoms with E-state index >= 15 is 0 Å². The molecule has 0 spiro atoms. The van der Waals surface area contributed by atoms with Crippen molar-refractivity contribution in [2.75, 3.05) is 24.2 Å². The van der Waals surface area contributed by atoms with E-state index in [-0.39, 0.29) is 25.3 Å². The Hall–Kier alpha value is -3.29. The summed E-state index contributed by atoms with van der Waals surface area (Å²) in [5, 5.41) is 39.6. The molecule has 2 heterocycles. The fourth-order valence-corrected chi connectivity index (χ4v) is 5.32. The maximum absolute atomic E-state index is 12.9. The van der Waals surface area contributed by atoms with Crippen LogP contribution in [-0.2, 0) is 16.1 Å². The lowest BCUT2D eigenvalue weighted by Crippen LogP contribution is -2.39. The van der Waals surface area contributed by atoms with Crippen LogP contribution in [0.3, 0.4) is 0 Å². The molecule has 4 atom stereocenters. The van der Waals surface area contributed by atoms with Crippen LogP contribution in [0.2, 0.25) is 0 Å². The fraction of sp³-hybridized carbons (Fsp3) is 0.556. The van der Waals surface area contributed by atoms with Crippen LogP contribution in [-0.4, -0.2) is 78.0 Å². The van der Waals surface area contributed by atoms with Crippen molar-refractivity contribution in [2.24, 2.45) is 5.92 Å². The van der Waals surface area contributed by atoms with Crippen LogP contribution >= 0.6 is 11.8 Å². The van der Waals surface area contributed by atoms with Crippen molar-refractivity contribution < 1.29 is 19.8 Å². The summed E-state index contributed by atoms with van der Waals surface area (Å²) in [7, 11) is 0. The standard InChI is InChI=1S/C27H38N8O4S/c1-3-5-12-28-24-21-25(32-27(31-24)40-14-4-2)35(34-33-21)19-15-18(22(37)23(19)38)26(39)29-13-11-20(36)30-16-17-9-7-6-8-10-17/h6-10,18-19,22-23,37-38H,3-5,11-16H2,1-2H3,(H,29,39)(H,30,36)(H,28,31,32)/t18-,19+,22+,23-/m0/s1. The highest BCUT2D eigenvalue weighted by Crippen LogP contribution is 2.37. The van der Waals surface area contributed by atoms with Gasteiger partial charge in [0, 0.05) is 31.8 Å². The Morgan fingerprint density at radius 1 is 1.05 bits per heavy atom. The van der Waals surface area contributed by atoms with E-state index in [0.29, 0.717) is 28.7 Å². The van der Waals surface area contributed by atoms with E-state index < -0.39 is 30.1 Å². The lowest BCUT2D eigenvalue weighted by atomic mass is 10.0. The Balaban J connectivity index is 1.40. The quantitative estimate of drug-likeness (QED) is 0.110. The van der Waals surface area contributed by atoms with Gasteiger partial charge in [-0.3, -0.25) is 9.59 Å².